The largest absolute Gasteiger partial charge is 0.497 e. The molecule has 0 aromatic heterocycles. The van der Waals surface area contributed by atoms with Crippen molar-refractivity contribution in [3.8, 4) is 11.5 Å². The molecule has 9 nitrogen and oxygen atoms in total. The van der Waals surface area contributed by atoms with Gasteiger partial charge in [-0.15, -0.1) is 0 Å². The van der Waals surface area contributed by atoms with Crippen LogP contribution in [0.3, 0.4) is 0 Å². The molecule has 0 aliphatic carbocycles. The van der Waals surface area contributed by atoms with E-state index in [1.165, 1.54) is 26.4 Å². The summed E-state index contributed by atoms with van der Waals surface area (Å²) in [5, 5.41) is 5.16. The van der Waals surface area contributed by atoms with E-state index < -0.39 is 33.6 Å². The number of rotatable bonds is 8. The van der Waals surface area contributed by atoms with Crippen LogP contribution in [0.2, 0.25) is 0 Å². The highest BCUT2D eigenvalue weighted by Crippen LogP contribution is 2.36. The molecule has 2 N–H and O–H groups in total. The standard InChI is InChI=1S/C23H26N2O7S/c1-5-32-22(26)20-18(13-33(28,29)16-9-6-14(2)7-10-16)24-23(27)25-21(20)17-12-15(30-3)8-11-19(17)31-4/h6-12,21H,5,13H2,1-4H3,(H2,24,25,27)/t21-/m1/s1. The van der Waals surface area contributed by atoms with Crippen molar-refractivity contribution in [2.75, 3.05) is 26.6 Å². The van der Waals surface area contributed by atoms with Crippen LogP contribution in [0.25, 0.3) is 0 Å². The number of carbonyl (C=O) groups is 2. The molecule has 0 fully saturated rings. The Morgan fingerprint density at radius 1 is 1.06 bits per heavy atom. The van der Waals surface area contributed by atoms with Crippen LogP contribution in [0.15, 0.2) is 58.6 Å². The summed E-state index contributed by atoms with van der Waals surface area (Å²) in [7, 11) is -0.950. The summed E-state index contributed by atoms with van der Waals surface area (Å²) in [5.74, 6) is -0.504. The van der Waals surface area contributed by atoms with Crippen molar-refractivity contribution >= 4 is 21.8 Å². The molecule has 2 amide bonds. The fourth-order valence-corrected chi connectivity index (χ4v) is 4.82. The van der Waals surface area contributed by atoms with E-state index in [1.807, 2.05) is 6.92 Å². The third-order valence-electron chi connectivity index (χ3n) is 5.11. The number of methoxy groups -OCH3 is 2. The maximum atomic E-state index is 13.1. The molecule has 10 heteroatoms. The van der Waals surface area contributed by atoms with E-state index in [9.17, 15) is 18.0 Å². The van der Waals surface area contributed by atoms with E-state index in [4.69, 9.17) is 14.2 Å². The van der Waals surface area contributed by atoms with Gasteiger partial charge in [-0.3, -0.25) is 0 Å². The van der Waals surface area contributed by atoms with Crippen molar-refractivity contribution in [3.05, 3.63) is 64.9 Å². The first kappa shape index (κ1) is 24.1. The van der Waals surface area contributed by atoms with Gasteiger partial charge in [-0.1, -0.05) is 17.7 Å². The zero-order valence-electron chi connectivity index (χ0n) is 18.8. The summed E-state index contributed by atoms with van der Waals surface area (Å²) in [4.78, 5) is 25.6. The first-order valence-electron chi connectivity index (χ1n) is 10.2. The van der Waals surface area contributed by atoms with E-state index in [0.717, 1.165) is 5.56 Å². The molecular formula is C23H26N2O7S. The fourth-order valence-electron chi connectivity index (χ4n) is 3.50. The highest BCUT2D eigenvalue weighted by Gasteiger charge is 2.37. The van der Waals surface area contributed by atoms with Gasteiger partial charge in [-0.25, -0.2) is 18.0 Å². The first-order valence-corrected chi connectivity index (χ1v) is 11.8. The molecular weight excluding hydrogens is 448 g/mol. The Morgan fingerprint density at radius 3 is 2.36 bits per heavy atom. The lowest BCUT2D eigenvalue weighted by atomic mass is 9.94. The topological polar surface area (TPSA) is 120 Å². The SMILES string of the molecule is CCOC(=O)C1=C(CS(=O)(=O)c2ccc(C)cc2)NC(=O)N[C@@H]1c1cc(OC)ccc1OC. The molecule has 1 aliphatic heterocycles. The molecule has 3 rings (SSSR count). The number of benzene rings is 2. The summed E-state index contributed by atoms with van der Waals surface area (Å²) < 4.78 is 42.1. The predicted octanol–water partition coefficient (Wildman–Crippen LogP) is 2.66. The Labute approximate surface area is 192 Å². The van der Waals surface area contributed by atoms with Gasteiger partial charge in [0.05, 0.1) is 43.1 Å². The number of aryl methyl sites for hydroxylation is 1. The van der Waals surface area contributed by atoms with Crippen LogP contribution in [0, 0.1) is 6.92 Å². The lowest BCUT2D eigenvalue weighted by molar-refractivity contribution is -0.139. The molecule has 1 aliphatic rings. The number of hydrogen-bond acceptors (Lipinski definition) is 7. The molecule has 1 heterocycles. The second-order valence-corrected chi connectivity index (χ2v) is 9.31. The minimum Gasteiger partial charge on any atom is -0.497 e. The van der Waals surface area contributed by atoms with Crippen LogP contribution in [0.5, 0.6) is 11.5 Å². The quantitative estimate of drug-likeness (QED) is 0.565. The van der Waals surface area contributed by atoms with Gasteiger partial charge in [0.25, 0.3) is 0 Å². The third kappa shape index (κ3) is 5.28. The van der Waals surface area contributed by atoms with E-state index >= 15 is 0 Å². The van der Waals surface area contributed by atoms with Crippen molar-refractivity contribution < 1.29 is 32.2 Å². The minimum absolute atomic E-state index is 0.0290. The van der Waals surface area contributed by atoms with Gasteiger partial charge < -0.3 is 24.8 Å². The molecule has 2 aromatic rings. The molecule has 33 heavy (non-hydrogen) atoms. The van der Waals surface area contributed by atoms with E-state index in [0.29, 0.717) is 17.1 Å². The van der Waals surface area contributed by atoms with Gasteiger partial charge in [0.2, 0.25) is 0 Å². The number of carbonyl (C=O) groups excluding carboxylic acids is 2. The molecule has 0 saturated carbocycles. The zero-order chi connectivity index (χ0) is 24.2. The molecule has 1 atom stereocenters. The number of sulfone groups is 1. The molecule has 0 radical (unpaired) electrons. The average Bonchev–Trinajstić information content (AvgIpc) is 2.78. The smallest absolute Gasteiger partial charge is 0.338 e. The second-order valence-electron chi connectivity index (χ2n) is 7.32. The predicted molar refractivity (Wildman–Crippen MR) is 121 cm³/mol. The minimum atomic E-state index is -3.88. The normalized spacial score (nSPS) is 16.0. The van der Waals surface area contributed by atoms with Gasteiger partial charge in [0.15, 0.2) is 9.84 Å². The first-order chi connectivity index (χ1) is 15.7. The summed E-state index contributed by atoms with van der Waals surface area (Å²) in [6.45, 7) is 3.55. The van der Waals surface area contributed by atoms with Crippen LogP contribution in [-0.2, 0) is 19.4 Å². The Hall–Kier alpha value is -3.53. The third-order valence-corrected chi connectivity index (χ3v) is 6.77. The van der Waals surface area contributed by atoms with E-state index in [2.05, 4.69) is 10.6 Å². The number of hydrogen-bond donors (Lipinski definition) is 2. The van der Waals surface area contributed by atoms with Gasteiger partial charge >= 0.3 is 12.0 Å². The highest BCUT2D eigenvalue weighted by molar-refractivity contribution is 7.91. The van der Waals surface area contributed by atoms with Gasteiger partial charge in [-0.2, -0.15) is 0 Å². The van der Waals surface area contributed by atoms with Crippen LogP contribution < -0.4 is 20.1 Å². The lowest BCUT2D eigenvalue weighted by Crippen LogP contribution is -2.47. The number of amides is 2. The van der Waals surface area contributed by atoms with Crippen LogP contribution in [0.1, 0.15) is 24.1 Å². The van der Waals surface area contributed by atoms with Crippen LogP contribution in [-0.4, -0.2) is 47.0 Å². The van der Waals surface area contributed by atoms with E-state index in [1.54, 1.807) is 37.3 Å². The molecule has 0 unspecified atom stereocenters. The van der Waals surface area contributed by atoms with Crippen molar-refractivity contribution in [1.29, 1.82) is 0 Å². The Balaban J connectivity index is 2.16. The fraction of sp³-hybridized carbons (Fsp3) is 0.304. The molecule has 0 saturated heterocycles. The van der Waals surface area contributed by atoms with Gasteiger partial charge in [-0.05, 0) is 44.2 Å². The van der Waals surface area contributed by atoms with Crippen molar-refractivity contribution in [2.45, 2.75) is 24.8 Å². The van der Waals surface area contributed by atoms with Crippen molar-refractivity contribution in [1.82, 2.24) is 10.6 Å². The van der Waals surface area contributed by atoms with E-state index in [-0.39, 0.29) is 22.8 Å². The van der Waals surface area contributed by atoms with Crippen LogP contribution in [0.4, 0.5) is 4.79 Å². The molecule has 0 bridgehead atoms. The summed E-state index contributed by atoms with van der Waals surface area (Å²) in [6, 6.07) is 9.56. The number of urea groups is 1. The maximum absolute atomic E-state index is 13.1. The molecule has 0 spiro atoms. The second kappa shape index (κ2) is 9.95. The lowest BCUT2D eigenvalue weighted by Gasteiger charge is -2.30. The zero-order valence-corrected chi connectivity index (χ0v) is 19.6. The maximum Gasteiger partial charge on any atom is 0.338 e. The summed E-state index contributed by atoms with van der Waals surface area (Å²) in [6.07, 6.45) is 0. The Morgan fingerprint density at radius 2 is 1.76 bits per heavy atom. The highest BCUT2D eigenvalue weighted by atomic mass is 32.2. The number of ether oxygens (including phenoxy) is 3. The molecule has 176 valence electrons. The van der Waals surface area contributed by atoms with Crippen molar-refractivity contribution in [2.24, 2.45) is 0 Å². The number of esters is 1. The van der Waals surface area contributed by atoms with Crippen molar-refractivity contribution in [3.63, 3.8) is 0 Å². The monoisotopic (exact) mass is 474 g/mol. The summed E-state index contributed by atoms with van der Waals surface area (Å²) in [5.41, 5.74) is 1.23. The van der Waals surface area contributed by atoms with Crippen LogP contribution >= 0.6 is 0 Å². The summed E-state index contributed by atoms with van der Waals surface area (Å²) >= 11 is 0. The average molecular weight is 475 g/mol. The van der Waals surface area contributed by atoms with Gasteiger partial charge in [0, 0.05) is 11.3 Å². The Kier molecular flexibility index (Phi) is 7.27. The number of nitrogens with one attached hydrogen (secondary N) is 2. The Bertz CT molecular complexity index is 1190. The van der Waals surface area contributed by atoms with Gasteiger partial charge in [0.1, 0.15) is 11.5 Å². The molecule has 2 aromatic carbocycles.